The van der Waals surface area contributed by atoms with Crippen LogP contribution in [0, 0.1) is 0 Å². The number of nitrogens with one attached hydrogen (secondary N) is 2. The van der Waals surface area contributed by atoms with Crippen molar-refractivity contribution in [2.45, 2.75) is 24.0 Å². The molecule has 3 rings (SSSR count). The molecule has 7 nitrogen and oxygen atoms in total. The number of benzene rings is 2. The van der Waals surface area contributed by atoms with Crippen molar-refractivity contribution in [2.75, 3.05) is 16.8 Å². The van der Waals surface area contributed by atoms with Gasteiger partial charge in [-0.2, -0.15) is 0 Å². The Morgan fingerprint density at radius 3 is 2.75 bits per heavy atom. The maximum absolute atomic E-state index is 12.3. The number of aromatic nitrogens is 2. The van der Waals surface area contributed by atoms with Crippen LogP contribution in [0.3, 0.4) is 0 Å². The largest absolute Gasteiger partial charge is 0.506 e. The van der Waals surface area contributed by atoms with Gasteiger partial charge in [-0.25, -0.2) is 13.4 Å². The Balaban J connectivity index is 1.65. The van der Waals surface area contributed by atoms with Crippen LogP contribution in [0.25, 0.3) is 11.0 Å². The summed E-state index contributed by atoms with van der Waals surface area (Å²) in [7, 11) is -3.43. The average Bonchev–Trinajstić information content (AvgIpc) is 3.12. The number of sulfone groups is 1. The first-order valence-corrected chi connectivity index (χ1v) is 11.4. The average molecular weight is 420 g/mol. The summed E-state index contributed by atoms with van der Waals surface area (Å²) >= 11 is 1.39. The number of carbonyl (C=O) groups is 1. The van der Waals surface area contributed by atoms with Crippen LogP contribution in [0.15, 0.2) is 47.4 Å². The fraction of sp³-hybridized carbons (Fsp3) is 0.263. The molecule has 0 bridgehead atoms. The number of rotatable bonds is 7. The zero-order valence-electron chi connectivity index (χ0n) is 15.5. The van der Waals surface area contributed by atoms with E-state index in [1.807, 2.05) is 31.2 Å². The Labute approximate surface area is 167 Å². The molecule has 2 aromatic carbocycles. The molecule has 9 heteroatoms. The third-order valence-electron chi connectivity index (χ3n) is 4.24. The summed E-state index contributed by atoms with van der Waals surface area (Å²) in [5, 5.41) is 12.5. The molecule has 1 unspecified atom stereocenters. The number of fused-ring (bicyclic) bond motifs is 1. The lowest BCUT2D eigenvalue weighted by Gasteiger charge is -2.11. The minimum Gasteiger partial charge on any atom is -0.506 e. The zero-order chi connectivity index (χ0) is 20.3. The van der Waals surface area contributed by atoms with Crippen molar-refractivity contribution in [1.29, 1.82) is 0 Å². The van der Waals surface area contributed by atoms with E-state index in [1.54, 1.807) is 0 Å². The van der Waals surface area contributed by atoms with Gasteiger partial charge in [-0.15, -0.1) is 11.8 Å². The van der Waals surface area contributed by atoms with Crippen molar-refractivity contribution >= 4 is 44.2 Å². The molecule has 0 radical (unpaired) electrons. The van der Waals surface area contributed by atoms with Crippen LogP contribution >= 0.6 is 11.8 Å². The SMILES string of the molecule is CCS(=O)(=O)c1ccc(O)c(NC(=O)CSC(C)c2nc3ccccc3[nH]2)c1. The van der Waals surface area contributed by atoms with Crippen LogP contribution in [0.4, 0.5) is 5.69 Å². The molecule has 1 atom stereocenters. The van der Waals surface area contributed by atoms with Crippen molar-refractivity contribution < 1.29 is 18.3 Å². The van der Waals surface area contributed by atoms with Gasteiger partial charge in [-0.05, 0) is 37.3 Å². The number of anilines is 1. The summed E-state index contributed by atoms with van der Waals surface area (Å²) < 4.78 is 24.0. The number of imidazole rings is 1. The molecule has 148 valence electrons. The van der Waals surface area contributed by atoms with Crippen LogP contribution in [0.1, 0.15) is 24.9 Å². The molecule has 0 fully saturated rings. The van der Waals surface area contributed by atoms with Gasteiger partial charge in [0, 0.05) is 0 Å². The lowest BCUT2D eigenvalue weighted by Crippen LogP contribution is -2.15. The monoisotopic (exact) mass is 419 g/mol. The summed E-state index contributed by atoms with van der Waals surface area (Å²) in [6.07, 6.45) is 0. The Morgan fingerprint density at radius 2 is 2.04 bits per heavy atom. The standard InChI is InChI=1S/C19H21N3O4S2/c1-3-28(25,26)13-8-9-17(23)16(10-13)20-18(24)11-27-12(2)19-21-14-6-4-5-7-15(14)22-19/h4-10,12,23H,3,11H2,1-2H3,(H,20,24)(H,21,22). The Kier molecular flexibility index (Phi) is 5.95. The second kappa shape index (κ2) is 8.24. The first kappa shape index (κ1) is 20.2. The van der Waals surface area contributed by atoms with Gasteiger partial charge >= 0.3 is 0 Å². The van der Waals surface area contributed by atoms with Gasteiger partial charge in [0.2, 0.25) is 5.91 Å². The van der Waals surface area contributed by atoms with Crippen molar-refractivity contribution in [3.05, 3.63) is 48.3 Å². The predicted octanol–water partition coefficient (Wildman–Crippen LogP) is 3.50. The van der Waals surface area contributed by atoms with Gasteiger partial charge in [0.15, 0.2) is 9.84 Å². The summed E-state index contributed by atoms with van der Waals surface area (Å²) in [5.74, 6) is 0.323. The number of carbonyl (C=O) groups excluding carboxylic acids is 1. The number of hydrogen-bond donors (Lipinski definition) is 3. The highest BCUT2D eigenvalue weighted by atomic mass is 32.2. The third-order valence-corrected chi connectivity index (χ3v) is 7.12. The molecule has 0 aliphatic heterocycles. The minimum absolute atomic E-state index is 0.0430. The van der Waals surface area contributed by atoms with Crippen molar-refractivity contribution in [3.8, 4) is 5.75 Å². The number of H-pyrrole nitrogens is 1. The fourth-order valence-electron chi connectivity index (χ4n) is 2.61. The van der Waals surface area contributed by atoms with Crippen molar-refractivity contribution in [3.63, 3.8) is 0 Å². The lowest BCUT2D eigenvalue weighted by atomic mass is 10.3. The molecule has 28 heavy (non-hydrogen) atoms. The van der Waals surface area contributed by atoms with Gasteiger partial charge in [-0.1, -0.05) is 19.1 Å². The Bertz CT molecular complexity index is 1080. The van der Waals surface area contributed by atoms with E-state index in [2.05, 4.69) is 15.3 Å². The highest BCUT2D eigenvalue weighted by Crippen LogP contribution is 2.30. The quantitative estimate of drug-likeness (QED) is 0.505. The predicted molar refractivity (Wildman–Crippen MR) is 111 cm³/mol. The highest BCUT2D eigenvalue weighted by Gasteiger charge is 2.17. The number of thioether (sulfide) groups is 1. The van der Waals surface area contributed by atoms with Gasteiger partial charge < -0.3 is 15.4 Å². The van der Waals surface area contributed by atoms with E-state index in [0.29, 0.717) is 0 Å². The molecule has 1 amide bonds. The molecule has 1 aromatic heterocycles. The number of aromatic amines is 1. The zero-order valence-corrected chi connectivity index (χ0v) is 17.1. The van der Waals surface area contributed by atoms with Crippen LogP contribution in [0.5, 0.6) is 5.75 Å². The molecular weight excluding hydrogens is 398 g/mol. The van der Waals surface area contributed by atoms with Crippen LogP contribution in [0.2, 0.25) is 0 Å². The number of phenols is 1. The number of phenolic OH excluding ortho intramolecular Hbond substituents is 1. The van der Waals surface area contributed by atoms with Gasteiger partial charge in [0.25, 0.3) is 0 Å². The number of hydrogen-bond acceptors (Lipinski definition) is 6. The van der Waals surface area contributed by atoms with E-state index < -0.39 is 9.84 Å². The number of para-hydroxylation sites is 2. The maximum Gasteiger partial charge on any atom is 0.234 e. The molecule has 3 aromatic rings. The second-order valence-electron chi connectivity index (χ2n) is 6.22. The Hall–Kier alpha value is -2.52. The van der Waals surface area contributed by atoms with E-state index in [0.717, 1.165) is 16.9 Å². The molecular formula is C19H21N3O4S2. The first-order chi connectivity index (χ1) is 13.3. The summed E-state index contributed by atoms with van der Waals surface area (Å²) in [6, 6.07) is 11.6. The molecule has 3 N–H and O–H groups in total. The molecule has 0 saturated carbocycles. The number of aromatic hydroxyl groups is 1. The fourth-order valence-corrected chi connectivity index (χ4v) is 4.26. The molecule has 0 aliphatic carbocycles. The van der Waals surface area contributed by atoms with Gasteiger partial charge in [0.05, 0.1) is 38.4 Å². The van der Waals surface area contributed by atoms with E-state index in [9.17, 15) is 18.3 Å². The number of nitrogens with zero attached hydrogens (tertiary/aromatic N) is 1. The molecule has 0 aliphatic rings. The van der Waals surface area contributed by atoms with Crippen LogP contribution in [-0.4, -0.2) is 40.9 Å². The smallest absolute Gasteiger partial charge is 0.234 e. The normalized spacial score (nSPS) is 12.8. The Morgan fingerprint density at radius 1 is 1.29 bits per heavy atom. The molecule has 1 heterocycles. The van der Waals surface area contributed by atoms with Crippen LogP contribution in [-0.2, 0) is 14.6 Å². The van der Waals surface area contributed by atoms with E-state index in [1.165, 1.54) is 36.9 Å². The van der Waals surface area contributed by atoms with Crippen LogP contribution < -0.4 is 5.32 Å². The molecule has 0 spiro atoms. The maximum atomic E-state index is 12.3. The van der Waals surface area contributed by atoms with E-state index in [4.69, 9.17) is 0 Å². The lowest BCUT2D eigenvalue weighted by molar-refractivity contribution is -0.113. The van der Waals surface area contributed by atoms with Gasteiger partial charge in [0.1, 0.15) is 11.6 Å². The van der Waals surface area contributed by atoms with E-state index in [-0.39, 0.29) is 39.0 Å². The highest BCUT2D eigenvalue weighted by molar-refractivity contribution is 8.00. The summed E-state index contributed by atoms with van der Waals surface area (Å²) in [6.45, 7) is 3.48. The summed E-state index contributed by atoms with van der Waals surface area (Å²) in [5.41, 5.74) is 1.89. The molecule has 0 saturated heterocycles. The second-order valence-corrected chi connectivity index (χ2v) is 9.83. The van der Waals surface area contributed by atoms with Crippen molar-refractivity contribution in [1.82, 2.24) is 9.97 Å². The van der Waals surface area contributed by atoms with Gasteiger partial charge in [-0.3, -0.25) is 4.79 Å². The topological polar surface area (TPSA) is 112 Å². The number of amides is 1. The summed E-state index contributed by atoms with van der Waals surface area (Å²) in [4.78, 5) is 20.1. The van der Waals surface area contributed by atoms with Crippen molar-refractivity contribution in [2.24, 2.45) is 0 Å². The minimum atomic E-state index is -3.43. The third kappa shape index (κ3) is 4.48. The van der Waals surface area contributed by atoms with E-state index >= 15 is 0 Å². The first-order valence-electron chi connectivity index (χ1n) is 8.72.